The van der Waals surface area contributed by atoms with Gasteiger partial charge in [0.05, 0.1) is 17.2 Å². The lowest BCUT2D eigenvalue weighted by molar-refractivity contribution is 0.734. The summed E-state index contributed by atoms with van der Waals surface area (Å²) in [7, 11) is 0. The number of imidazole rings is 1. The van der Waals surface area contributed by atoms with Gasteiger partial charge in [-0.2, -0.15) is 0 Å². The molecule has 0 aliphatic rings. The Kier molecular flexibility index (Phi) is 2.11. The van der Waals surface area contributed by atoms with E-state index < -0.39 is 0 Å². The van der Waals surface area contributed by atoms with Crippen LogP contribution in [0.5, 0.6) is 0 Å². The van der Waals surface area contributed by atoms with Gasteiger partial charge >= 0.3 is 5.69 Å². The number of hydrogen-bond acceptors (Lipinski definition) is 2. The molecular formula is C10H13N3O. The molecule has 2 heterocycles. The van der Waals surface area contributed by atoms with E-state index in [0.29, 0.717) is 5.92 Å². The van der Waals surface area contributed by atoms with Crippen LogP contribution in [0, 0.1) is 0 Å². The average molecular weight is 191 g/mol. The molecule has 0 saturated heterocycles. The topological polar surface area (TPSA) is 61.5 Å². The van der Waals surface area contributed by atoms with E-state index >= 15 is 0 Å². The molecule has 0 bridgehead atoms. The fraction of sp³-hybridized carbons (Fsp3) is 0.400. The molecule has 2 rings (SSSR count). The van der Waals surface area contributed by atoms with Crippen molar-refractivity contribution in [3.8, 4) is 0 Å². The Labute approximate surface area is 81.4 Å². The zero-order valence-corrected chi connectivity index (χ0v) is 8.29. The highest BCUT2D eigenvalue weighted by Crippen LogP contribution is 2.23. The average Bonchev–Trinajstić information content (AvgIpc) is 2.56. The van der Waals surface area contributed by atoms with Gasteiger partial charge in [0, 0.05) is 6.20 Å². The lowest BCUT2D eigenvalue weighted by Gasteiger charge is -2.08. The predicted molar refractivity (Wildman–Crippen MR) is 55.4 cm³/mol. The van der Waals surface area contributed by atoms with Gasteiger partial charge in [0.1, 0.15) is 0 Å². The third-order valence-electron chi connectivity index (χ3n) is 2.61. The Hall–Kier alpha value is -1.58. The van der Waals surface area contributed by atoms with Crippen LogP contribution in [-0.4, -0.2) is 15.0 Å². The molecule has 0 saturated carbocycles. The molecule has 4 nitrogen and oxygen atoms in total. The first-order chi connectivity index (χ1) is 6.72. The minimum Gasteiger partial charge on any atom is -0.305 e. The van der Waals surface area contributed by atoms with Gasteiger partial charge in [0.25, 0.3) is 0 Å². The lowest BCUT2D eigenvalue weighted by Crippen LogP contribution is -2.00. The third-order valence-corrected chi connectivity index (χ3v) is 2.61. The van der Waals surface area contributed by atoms with Crippen molar-refractivity contribution in [2.24, 2.45) is 0 Å². The fourth-order valence-electron chi connectivity index (χ4n) is 1.57. The van der Waals surface area contributed by atoms with E-state index in [2.05, 4.69) is 28.8 Å². The fourth-order valence-corrected chi connectivity index (χ4v) is 1.57. The van der Waals surface area contributed by atoms with Crippen LogP contribution in [0.4, 0.5) is 0 Å². The van der Waals surface area contributed by atoms with Crippen LogP contribution in [0.3, 0.4) is 0 Å². The minimum absolute atomic E-state index is 0.169. The number of hydrogen-bond donors (Lipinski definition) is 2. The SMILES string of the molecule is CCC(C)c1cncc2[nH]c(=O)[nH]c12. The molecule has 1 unspecified atom stereocenters. The molecule has 1 atom stereocenters. The Morgan fingerprint density at radius 1 is 1.43 bits per heavy atom. The van der Waals surface area contributed by atoms with E-state index in [4.69, 9.17) is 0 Å². The van der Waals surface area contributed by atoms with Gasteiger partial charge in [0.15, 0.2) is 0 Å². The summed E-state index contributed by atoms with van der Waals surface area (Å²) in [5, 5.41) is 0. The molecular weight excluding hydrogens is 178 g/mol. The number of rotatable bonds is 2. The van der Waals surface area contributed by atoms with E-state index in [1.807, 2.05) is 6.20 Å². The Balaban J connectivity index is 2.70. The van der Waals surface area contributed by atoms with Crippen LogP contribution in [-0.2, 0) is 0 Å². The van der Waals surface area contributed by atoms with Crippen LogP contribution in [0.25, 0.3) is 11.0 Å². The molecule has 0 spiro atoms. The van der Waals surface area contributed by atoms with Gasteiger partial charge in [0.2, 0.25) is 0 Å². The van der Waals surface area contributed by atoms with Crippen molar-refractivity contribution in [3.05, 3.63) is 28.4 Å². The molecule has 0 radical (unpaired) electrons. The molecule has 74 valence electrons. The number of H-pyrrole nitrogens is 2. The summed E-state index contributed by atoms with van der Waals surface area (Å²) < 4.78 is 0. The van der Waals surface area contributed by atoms with Crippen molar-refractivity contribution < 1.29 is 0 Å². The maximum absolute atomic E-state index is 11.1. The molecule has 0 aliphatic heterocycles. The molecule has 4 heteroatoms. The van der Waals surface area contributed by atoms with Crippen LogP contribution < -0.4 is 5.69 Å². The smallest absolute Gasteiger partial charge is 0.305 e. The van der Waals surface area contributed by atoms with Gasteiger partial charge in [-0.3, -0.25) is 4.98 Å². The van der Waals surface area contributed by atoms with Crippen molar-refractivity contribution in [1.29, 1.82) is 0 Å². The first-order valence-electron chi connectivity index (χ1n) is 4.78. The van der Waals surface area contributed by atoms with E-state index in [-0.39, 0.29) is 5.69 Å². The van der Waals surface area contributed by atoms with Crippen LogP contribution in [0.15, 0.2) is 17.2 Å². The second-order valence-corrected chi connectivity index (χ2v) is 3.54. The molecule has 2 aromatic rings. The summed E-state index contributed by atoms with van der Waals surface area (Å²) in [5.41, 5.74) is 2.60. The second kappa shape index (κ2) is 3.29. The summed E-state index contributed by atoms with van der Waals surface area (Å²) in [5.74, 6) is 0.414. The summed E-state index contributed by atoms with van der Waals surface area (Å²) in [6.45, 7) is 4.25. The van der Waals surface area contributed by atoms with Gasteiger partial charge in [-0.05, 0) is 17.9 Å². The van der Waals surface area contributed by atoms with Gasteiger partial charge in [-0.15, -0.1) is 0 Å². The first kappa shape index (κ1) is 8.99. The number of fused-ring (bicyclic) bond motifs is 1. The molecule has 0 aromatic carbocycles. The zero-order valence-electron chi connectivity index (χ0n) is 8.29. The minimum atomic E-state index is -0.169. The standard InChI is InChI=1S/C10H13N3O/c1-3-6(2)7-4-11-5-8-9(7)13-10(14)12-8/h4-6H,3H2,1-2H3,(H2,12,13,14). The second-order valence-electron chi connectivity index (χ2n) is 3.54. The van der Waals surface area contributed by atoms with Gasteiger partial charge in [-0.25, -0.2) is 4.79 Å². The first-order valence-corrected chi connectivity index (χ1v) is 4.78. The van der Waals surface area contributed by atoms with E-state index in [1.165, 1.54) is 0 Å². The Morgan fingerprint density at radius 2 is 2.21 bits per heavy atom. The third kappa shape index (κ3) is 1.32. The summed E-state index contributed by atoms with van der Waals surface area (Å²) in [6.07, 6.45) is 4.52. The quantitative estimate of drug-likeness (QED) is 0.759. The van der Waals surface area contributed by atoms with Crippen LogP contribution in [0.2, 0.25) is 0 Å². The molecule has 14 heavy (non-hydrogen) atoms. The summed E-state index contributed by atoms with van der Waals surface area (Å²) in [4.78, 5) is 20.7. The zero-order chi connectivity index (χ0) is 10.1. The Bertz CT molecular complexity index is 497. The molecule has 0 amide bonds. The number of aromatic nitrogens is 3. The number of nitrogens with zero attached hydrogens (tertiary/aromatic N) is 1. The summed E-state index contributed by atoms with van der Waals surface area (Å²) in [6, 6.07) is 0. The summed E-state index contributed by atoms with van der Waals surface area (Å²) >= 11 is 0. The van der Waals surface area contributed by atoms with Crippen molar-refractivity contribution in [3.63, 3.8) is 0 Å². The normalized spacial score (nSPS) is 13.3. The highest BCUT2D eigenvalue weighted by Gasteiger charge is 2.09. The van der Waals surface area contributed by atoms with Crippen LogP contribution >= 0.6 is 0 Å². The predicted octanol–water partition coefficient (Wildman–Crippen LogP) is 1.76. The molecule has 0 fully saturated rings. The largest absolute Gasteiger partial charge is 0.323 e. The number of aromatic amines is 2. The van der Waals surface area contributed by atoms with E-state index in [9.17, 15) is 4.79 Å². The molecule has 2 aromatic heterocycles. The van der Waals surface area contributed by atoms with Gasteiger partial charge < -0.3 is 9.97 Å². The monoisotopic (exact) mass is 191 g/mol. The maximum atomic E-state index is 11.1. The highest BCUT2D eigenvalue weighted by molar-refractivity contribution is 5.77. The molecule has 0 aliphatic carbocycles. The number of pyridine rings is 1. The van der Waals surface area contributed by atoms with Crippen molar-refractivity contribution >= 4 is 11.0 Å². The Morgan fingerprint density at radius 3 is 2.93 bits per heavy atom. The van der Waals surface area contributed by atoms with Crippen molar-refractivity contribution in [2.45, 2.75) is 26.2 Å². The van der Waals surface area contributed by atoms with E-state index in [1.54, 1.807) is 6.20 Å². The molecule has 2 N–H and O–H groups in total. The highest BCUT2D eigenvalue weighted by atomic mass is 16.1. The van der Waals surface area contributed by atoms with Crippen molar-refractivity contribution in [2.75, 3.05) is 0 Å². The van der Waals surface area contributed by atoms with Crippen molar-refractivity contribution in [1.82, 2.24) is 15.0 Å². The van der Waals surface area contributed by atoms with Gasteiger partial charge in [-0.1, -0.05) is 13.8 Å². The lowest BCUT2D eigenvalue weighted by atomic mass is 9.99. The maximum Gasteiger partial charge on any atom is 0.323 e. The number of nitrogens with one attached hydrogen (secondary N) is 2. The van der Waals surface area contributed by atoms with E-state index in [0.717, 1.165) is 23.0 Å². The van der Waals surface area contributed by atoms with Crippen LogP contribution in [0.1, 0.15) is 31.7 Å².